The van der Waals surface area contributed by atoms with Gasteiger partial charge in [-0.1, -0.05) is 18.2 Å². The summed E-state index contributed by atoms with van der Waals surface area (Å²) in [6.07, 6.45) is 3.73. The van der Waals surface area contributed by atoms with Gasteiger partial charge in [-0.3, -0.25) is 25.5 Å². The van der Waals surface area contributed by atoms with Gasteiger partial charge in [0, 0.05) is 29.1 Å². The second-order valence-electron chi connectivity index (χ2n) is 7.11. The molecule has 2 amide bonds. The monoisotopic (exact) mass is 417 g/mol. The van der Waals surface area contributed by atoms with Crippen LogP contribution in [-0.4, -0.2) is 34.1 Å². The Bertz CT molecular complexity index is 1190. The number of rotatable bonds is 7. The number of benzene rings is 2. The fourth-order valence-electron chi connectivity index (χ4n) is 3.38. The molecule has 4 rings (SSSR count). The van der Waals surface area contributed by atoms with Crippen LogP contribution in [0.5, 0.6) is 5.75 Å². The summed E-state index contributed by atoms with van der Waals surface area (Å²) in [6, 6.07) is 17.0. The van der Waals surface area contributed by atoms with E-state index < -0.39 is 5.91 Å². The predicted molar refractivity (Wildman–Crippen MR) is 117 cm³/mol. The van der Waals surface area contributed by atoms with Crippen molar-refractivity contribution < 1.29 is 14.3 Å². The minimum atomic E-state index is -0.461. The van der Waals surface area contributed by atoms with Crippen LogP contribution in [0.4, 0.5) is 0 Å². The highest BCUT2D eigenvalue weighted by molar-refractivity contribution is 5.94. The molecular weight excluding hydrogens is 394 g/mol. The van der Waals surface area contributed by atoms with Crippen LogP contribution >= 0.6 is 0 Å². The van der Waals surface area contributed by atoms with Crippen molar-refractivity contribution in [1.82, 2.24) is 26.0 Å². The number of hydrogen-bond acceptors (Lipinski definition) is 4. The van der Waals surface area contributed by atoms with E-state index in [4.69, 9.17) is 4.74 Å². The molecule has 31 heavy (non-hydrogen) atoms. The van der Waals surface area contributed by atoms with E-state index in [-0.39, 0.29) is 11.6 Å². The summed E-state index contributed by atoms with van der Waals surface area (Å²) in [4.78, 5) is 27.6. The molecule has 2 aromatic heterocycles. The molecule has 0 aliphatic carbocycles. The minimum absolute atomic E-state index is 0.247. The SMILES string of the molecule is COc1ccc(-c2cc(C(=O)NNC(=O)CCCc3c[nH]c4ccccc34)[nH]n2)cc1. The predicted octanol–water partition coefficient (Wildman–Crippen LogP) is 3.35. The molecule has 0 unspecified atom stereocenters. The van der Waals surface area contributed by atoms with Gasteiger partial charge >= 0.3 is 0 Å². The quantitative estimate of drug-likeness (QED) is 0.346. The number of aromatic nitrogens is 3. The molecule has 2 heterocycles. The van der Waals surface area contributed by atoms with Crippen molar-refractivity contribution in [2.24, 2.45) is 0 Å². The number of nitrogens with zero attached hydrogens (tertiary/aromatic N) is 1. The number of aromatic amines is 2. The van der Waals surface area contributed by atoms with Gasteiger partial charge in [0.15, 0.2) is 0 Å². The highest BCUT2D eigenvalue weighted by Gasteiger charge is 2.12. The summed E-state index contributed by atoms with van der Waals surface area (Å²) in [7, 11) is 1.60. The summed E-state index contributed by atoms with van der Waals surface area (Å²) in [5.41, 5.74) is 8.86. The van der Waals surface area contributed by atoms with E-state index in [1.807, 2.05) is 48.7 Å². The number of fused-ring (bicyclic) bond motifs is 1. The molecule has 8 heteroatoms. The van der Waals surface area contributed by atoms with Crippen LogP contribution in [0.15, 0.2) is 60.8 Å². The zero-order valence-corrected chi connectivity index (χ0v) is 17.1. The largest absolute Gasteiger partial charge is 0.497 e. The maximum Gasteiger partial charge on any atom is 0.287 e. The van der Waals surface area contributed by atoms with E-state index in [9.17, 15) is 9.59 Å². The third kappa shape index (κ3) is 4.75. The Hall–Kier alpha value is -4.07. The lowest BCUT2D eigenvalue weighted by atomic mass is 10.1. The van der Waals surface area contributed by atoms with Crippen LogP contribution in [0.3, 0.4) is 0 Å². The summed E-state index contributed by atoms with van der Waals surface area (Å²) >= 11 is 0. The Morgan fingerprint density at radius 1 is 1.06 bits per heavy atom. The maximum absolute atomic E-state index is 12.3. The molecule has 0 atom stereocenters. The fraction of sp³-hybridized carbons (Fsp3) is 0.174. The lowest BCUT2D eigenvalue weighted by Crippen LogP contribution is -2.41. The Labute approximate surface area is 179 Å². The molecule has 0 aliphatic rings. The van der Waals surface area contributed by atoms with Gasteiger partial charge in [0.25, 0.3) is 5.91 Å². The zero-order chi connectivity index (χ0) is 21.6. The molecule has 2 aromatic carbocycles. The van der Waals surface area contributed by atoms with E-state index >= 15 is 0 Å². The minimum Gasteiger partial charge on any atom is -0.497 e. The molecule has 158 valence electrons. The Morgan fingerprint density at radius 2 is 1.87 bits per heavy atom. The van der Waals surface area contributed by atoms with E-state index in [2.05, 4.69) is 32.1 Å². The van der Waals surface area contributed by atoms with Gasteiger partial charge in [0.1, 0.15) is 11.4 Å². The number of methoxy groups -OCH3 is 1. The number of ether oxygens (including phenoxy) is 1. The Morgan fingerprint density at radius 3 is 2.68 bits per heavy atom. The molecule has 4 N–H and O–H groups in total. The van der Waals surface area contributed by atoms with E-state index in [1.165, 1.54) is 10.9 Å². The van der Waals surface area contributed by atoms with Crippen LogP contribution in [0.1, 0.15) is 28.9 Å². The molecule has 0 saturated carbocycles. The second-order valence-corrected chi connectivity index (χ2v) is 7.11. The molecular formula is C23H23N5O3. The highest BCUT2D eigenvalue weighted by atomic mass is 16.5. The number of hydrazine groups is 1. The molecule has 0 radical (unpaired) electrons. The summed E-state index contributed by atoms with van der Waals surface area (Å²) < 4.78 is 5.14. The molecule has 8 nitrogen and oxygen atoms in total. The summed E-state index contributed by atoms with van der Waals surface area (Å²) in [5.74, 6) is 0.0324. The van der Waals surface area contributed by atoms with Gasteiger partial charge in [-0.05, 0) is 54.8 Å². The molecule has 0 spiro atoms. The first kappa shape index (κ1) is 20.2. The third-order valence-corrected chi connectivity index (χ3v) is 5.05. The van der Waals surface area contributed by atoms with Gasteiger partial charge in [0.05, 0.1) is 12.8 Å². The Kier molecular flexibility index (Phi) is 5.98. The summed E-state index contributed by atoms with van der Waals surface area (Å²) in [5, 5.41) is 8.01. The number of aryl methyl sites for hydroxylation is 1. The van der Waals surface area contributed by atoms with Crippen LogP contribution in [0.2, 0.25) is 0 Å². The lowest BCUT2D eigenvalue weighted by Gasteiger charge is -2.06. The standard InChI is InChI=1S/C23H23N5O3/c1-31-17-11-9-15(10-12-17)20-13-21(26-25-20)23(30)28-27-22(29)8-4-5-16-14-24-19-7-3-2-6-18(16)19/h2-3,6-7,9-14,24H,4-5,8H2,1H3,(H,25,26)(H,27,29)(H,28,30). The van der Waals surface area contributed by atoms with E-state index in [0.717, 1.165) is 23.3 Å². The van der Waals surface area contributed by atoms with Gasteiger partial charge in [-0.25, -0.2) is 0 Å². The van der Waals surface area contributed by atoms with Crippen LogP contribution < -0.4 is 15.6 Å². The van der Waals surface area contributed by atoms with Gasteiger partial charge in [-0.15, -0.1) is 0 Å². The number of carbonyl (C=O) groups is 2. The Balaban J connectivity index is 1.24. The third-order valence-electron chi connectivity index (χ3n) is 5.05. The number of carbonyl (C=O) groups excluding carboxylic acids is 2. The van der Waals surface area contributed by atoms with Crippen molar-refractivity contribution in [3.63, 3.8) is 0 Å². The molecule has 0 fully saturated rings. The first-order chi connectivity index (χ1) is 15.1. The van der Waals surface area contributed by atoms with Gasteiger partial charge in [0.2, 0.25) is 5.91 Å². The van der Waals surface area contributed by atoms with Crippen molar-refractivity contribution in [2.75, 3.05) is 7.11 Å². The van der Waals surface area contributed by atoms with Crippen molar-refractivity contribution in [3.8, 4) is 17.0 Å². The number of amides is 2. The first-order valence-corrected chi connectivity index (χ1v) is 9.98. The molecule has 0 aliphatic heterocycles. The van der Waals surface area contributed by atoms with Crippen LogP contribution in [0, 0.1) is 0 Å². The topological polar surface area (TPSA) is 112 Å². The number of hydrogen-bond donors (Lipinski definition) is 4. The average Bonchev–Trinajstić information content (AvgIpc) is 3.46. The number of H-pyrrole nitrogens is 2. The number of para-hydroxylation sites is 1. The molecule has 0 bridgehead atoms. The number of nitrogens with one attached hydrogen (secondary N) is 4. The highest BCUT2D eigenvalue weighted by Crippen LogP contribution is 2.21. The van der Waals surface area contributed by atoms with Gasteiger partial charge < -0.3 is 9.72 Å². The zero-order valence-electron chi connectivity index (χ0n) is 17.1. The normalized spacial score (nSPS) is 10.7. The average molecular weight is 417 g/mol. The maximum atomic E-state index is 12.3. The van der Waals surface area contributed by atoms with Crippen LogP contribution in [-0.2, 0) is 11.2 Å². The van der Waals surface area contributed by atoms with Crippen molar-refractivity contribution >= 4 is 22.7 Å². The molecule has 0 saturated heterocycles. The van der Waals surface area contributed by atoms with Crippen molar-refractivity contribution in [1.29, 1.82) is 0 Å². The van der Waals surface area contributed by atoms with Crippen molar-refractivity contribution in [2.45, 2.75) is 19.3 Å². The smallest absolute Gasteiger partial charge is 0.287 e. The van der Waals surface area contributed by atoms with Crippen LogP contribution in [0.25, 0.3) is 22.2 Å². The van der Waals surface area contributed by atoms with E-state index in [0.29, 0.717) is 18.5 Å². The lowest BCUT2D eigenvalue weighted by molar-refractivity contribution is -0.121. The first-order valence-electron chi connectivity index (χ1n) is 9.98. The van der Waals surface area contributed by atoms with Crippen molar-refractivity contribution in [3.05, 3.63) is 72.1 Å². The fourth-order valence-corrected chi connectivity index (χ4v) is 3.38. The molecule has 4 aromatic rings. The van der Waals surface area contributed by atoms with Gasteiger partial charge in [-0.2, -0.15) is 5.10 Å². The van der Waals surface area contributed by atoms with E-state index in [1.54, 1.807) is 13.2 Å². The second kappa shape index (κ2) is 9.17. The summed E-state index contributed by atoms with van der Waals surface area (Å²) in [6.45, 7) is 0.